The minimum atomic E-state index is 0.115. The Balaban J connectivity index is 1.44. The van der Waals surface area contributed by atoms with Crippen molar-refractivity contribution >= 4 is 39.0 Å². The summed E-state index contributed by atoms with van der Waals surface area (Å²) in [5.41, 5.74) is 1.78. The smallest absolute Gasteiger partial charge is 0.227 e. The van der Waals surface area contributed by atoms with Crippen molar-refractivity contribution in [1.29, 1.82) is 0 Å². The van der Waals surface area contributed by atoms with Gasteiger partial charge in [-0.05, 0) is 41.1 Å². The zero-order valence-electron chi connectivity index (χ0n) is 16.2. The van der Waals surface area contributed by atoms with E-state index in [1.54, 1.807) is 17.6 Å². The molecule has 5 rings (SSSR count). The van der Waals surface area contributed by atoms with Gasteiger partial charge in [-0.25, -0.2) is 0 Å². The average molecular weight is 406 g/mol. The number of benzene rings is 2. The third kappa shape index (κ3) is 3.80. The predicted molar refractivity (Wildman–Crippen MR) is 116 cm³/mol. The Labute approximate surface area is 173 Å². The quantitative estimate of drug-likeness (QED) is 0.431. The van der Waals surface area contributed by atoms with Gasteiger partial charge in [0.2, 0.25) is 5.91 Å². The highest BCUT2D eigenvalue weighted by Crippen LogP contribution is 2.30. The zero-order chi connectivity index (χ0) is 19.6. The van der Waals surface area contributed by atoms with Crippen LogP contribution in [0.1, 0.15) is 23.3 Å². The number of hydrogen-bond acceptors (Lipinski definition) is 4. The van der Waals surface area contributed by atoms with Crippen LogP contribution in [0.3, 0.4) is 0 Å². The van der Waals surface area contributed by atoms with Gasteiger partial charge in [-0.2, -0.15) is 0 Å². The monoisotopic (exact) mass is 405 g/mol. The molecule has 2 aromatic heterocycles. The van der Waals surface area contributed by atoms with Gasteiger partial charge in [0, 0.05) is 29.0 Å². The lowest BCUT2D eigenvalue weighted by Crippen LogP contribution is -2.37. The van der Waals surface area contributed by atoms with Gasteiger partial charge in [0.25, 0.3) is 0 Å². The van der Waals surface area contributed by atoms with E-state index in [0.29, 0.717) is 19.5 Å². The topological polar surface area (TPSA) is 42.7 Å². The number of thiophene rings is 1. The van der Waals surface area contributed by atoms with Gasteiger partial charge < -0.3 is 14.1 Å². The Kier molecular flexibility index (Phi) is 5.08. The van der Waals surface area contributed by atoms with Crippen LogP contribution in [0, 0.1) is 0 Å². The first-order valence-electron chi connectivity index (χ1n) is 10.1. The lowest BCUT2D eigenvalue weighted by molar-refractivity contribution is -0.132. The molecular formula is C24H23NO3S. The molecule has 2 aromatic carbocycles. The van der Waals surface area contributed by atoms with Gasteiger partial charge in [-0.15, -0.1) is 11.3 Å². The molecule has 148 valence electrons. The minimum absolute atomic E-state index is 0.115. The second-order valence-corrected chi connectivity index (χ2v) is 8.62. The molecule has 1 atom stereocenters. The Morgan fingerprint density at radius 2 is 2.07 bits per heavy atom. The van der Waals surface area contributed by atoms with Gasteiger partial charge in [0.05, 0.1) is 25.3 Å². The summed E-state index contributed by atoms with van der Waals surface area (Å²) >= 11 is 1.69. The van der Waals surface area contributed by atoms with Crippen molar-refractivity contribution in [2.24, 2.45) is 0 Å². The van der Waals surface area contributed by atoms with Crippen molar-refractivity contribution in [3.8, 4) is 0 Å². The van der Waals surface area contributed by atoms with E-state index in [0.717, 1.165) is 46.8 Å². The fraction of sp³-hybridized carbons (Fsp3) is 0.292. The first-order valence-corrected chi connectivity index (χ1v) is 11.0. The van der Waals surface area contributed by atoms with Gasteiger partial charge in [0.1, 0.15) is 5.58 Å². The molecule has 4 aromatic rings. The van der Waals surface area contributed by atoms with E-state index < -0.39 is 0 Å². The number of amides is 1. The highest BCUT2D eigenvalue weighted by Gasteiger charge is 2.24. The van der Waals surface area contributed by atoms with Crippen LogP contribution in [0.5, 0.6) is 0 Å². The fourth-order valence-electron chi connectivity index (χ4n) is 4.16. The van der Waals surface area contributed by atoms with E-state index in [1.807, 2.05) is 29.2 Å². The van der Waals surface area contributed by atoms with E-state index in [4.69, 9.17) is 9.15 Å². The molecular weight excluding hydrogens is 382 g/mol. The van der Waals surface area contributed by atoms with Crippen LogP contribution in [-0.4, -0.2) is 30.1 Å². The number of furan rings is 1. The van der Waals surface area contributed by atoms with Crippen LogP contribution in [0.15, 0.2) is 64.6 Å². The molecule has 5 heteroatoms. The zero-order valence-corrected chi connectivity index (χ0v) is 17.0. The summed E-state index contributed by atoms with van der Waals surface area (Å²) < 4.78 is 11.6. The molecule has 0 aliphatic carbocycles. The van der Waals surface area contributed by atoms with E-state index in [1.165, 1.54) is 4.88 Å². The number of carbonyl (C=O) groups is 1. The maximum absolute atomic E-state index is 13.3. The number of carbonyl (C=O) groups excluding carboxylic acids is 1. The lowest BCUT2D eigenvalue weighted by atomic mass is 10.0. The van der Waals surface area contributed by atoms with Crippen LogP contribution in [0.2, 0.25) is 0 Å². The third-order valence-electron chi connectivity index (χ3n) is 5.61. The molecule has 4 nitrogen and oxygen atoms in total. The predicted octanol–water partition coefficient (Wildman–Crippen LogP) is 5.40. The van der Waals surface area contributed by atoms with Crippen LogP contribution in [-0.2, 0) is 22.5 Å². The van der Waals surface area contributed by atoms with Crippen molar-refractivity contribution in [3.05, 3.63) is 70.6 Å². The Morgan fingerprint density at radius 1 is 1.14 bits per heavy atom. The maximum atomic E-state index is 13.3. The van der Waals surface area contributed by atoms with Gasteiger partial charge in [-0.3, -0.25) is 4.79 Å². The maximum Gasteiger partial charge on any atom is 0.227 e. The first kappa shape index (κ1) is 18.4. The lowest BCUT2D eigenvalue weighted by Gasteiger charge is -2.25. The molecule has 3 heterocycles. The van der Waals surface area contributed by atoms with Crippen LogP contribution in [0.25, 0.3) is 21.7 Å². The summed E-state index contributed by atoms with van der Waals surface area (Å²) in [4.78, 5) is 16.5. The molecule has 0 saturated carbocycles. The fourth-order valence-corrected chi connectivity index (χ4v) is 4.88. The Bertz CT molecular complexity index is 1130. The van der Waals surface area contributed by atoms with Crippen molar-refractivity contribution in [2.75, 3.05) is 13.2 Å². The Morgan fingerprint density at radius 3 is 2.90 bits per heavy atom. The summed E-state index contributed by atoms with van der Waals surface area (Å²) in [6.07, 6.45) is 4.31. The number of nitrogens with zero attached hydrogens (tertiary/aromatic N) is 1. The summed E-state index contributed by atoms with van der Waals surface area (Å²) in [7, 11) is 0. The van der Waals surface area contributed by atoms with Crippen molar-refractivity contribution in [3.63, 3.8) is 0 Å². The van der Waals surface area contributed by atoms with Crippen molar-refractivity contribution in [2.45, 2.75) is 31.9 Å². The number of rotatable bonds is 6. The molecule has 0 N–H and O–H groups in total. The molecule has 0 spiro atoms. The molecule has 1 saturated heterocycles. The van der Waals surface area contributed by atoms with Crippen molar-refractivity contribution < 1.29 is 13.9 Å². The molecule has 1 aliphatic rings. The third-order valence-corrected chi connectivity index (χ3v) is 6.47. The molecule has 0 unspecified atom stereocenters. The molecule has 0 bridgehead atoms. The van der Waals surface area contributed by atoms with Crippen LogP contribution >= 0.6 is 11.3 Å². The normalized spacial score (nSPS) is 16.6. The first-order chi connectivity index (χ1) is 14.3. The second kappa shape index (κ2) is 8.01. The number of fused-ring (bicyclic) bond motifs is 3. The van der Waals surface area contributed by atoms with E-state index in [-0.39, 0.29) is 12.0 Å². The molecule has 29 heavy (non-hydrogen) atoms. The van der Waals surface area contributed by atoms with Gasteiger partial charge in [-0.1, -0.05) is 36.4 Å². The minimum Gasteiger partial charge on any atom is -0.464 e. The van der Waals surface area contributed by atoms with E-state index >= 15 is 0 Å². The molecule has 1 aliphatic heterocycles. The van der Waals surface area contributed by atoms with Gasteiger partial charge >= 0.3 is 0 Å². The van der Waals surface area contributed by atoms with E-state index in [2.05, 4.69) is 29.6 Å². The summed E-state index contributed by atoms with van der Waals surface area (Å²) in [6, 6.07) is 16.4. The van der Waals surface area contributed by atoms with Crippen molar-refractivity contribution in [1.82, 2.24) is 4.90 Å². The second-order valence-electron chi connectivity index (χ2n) is 7.59. The summed E-state index contributed by atoms with van der Waals surface area (Å²) in [6.45, 7) is 2.07. The number of ether oxygens (including phenoxy) is 1. The highest BCUT2D eigenvalue weighted by atomic mass is 32.1. The molecule has 1 fully saturated rings. The summed E-state index contributed by atoms with van der Waals surface area (Å²) in [5.74, 6) is 0.115. The largest absolute Gasteiger partial charge is 0.464 e. The van der Waals surface area contributed by atoms with Gasteiger partial charge in [0.15, 0.2) is 0 Å². The molecule has 0 radical (unpaired) electrons. The standard InChI is InChI=1S/C24H23NO3S/c26-23(25(14-19-6-3-11-27-19)15-20-7-4-12-29-20)13-18-16-28-22-10-9-17-5-1-2-8-21(17)24(18)22/h1-2,4-5,7-10,12,16,19H,3,6,11,13-15H2/t19-/m1/s1. The van der Waals surface area contributed by atoms with Crippen LogP contribution < -0.4 is 0 Å². The Hall–Kier alpha value is -2.63. The SMILES string of the molecule is O=C(Cc1coc2ccc3ccccc3c12)N(Cc1cccs1)C[C@H]1CCCO1. The highest BCUT2D eigenvalue weighted by molar-refractivity contribution is 7.09. The number of hydrogen-bond donors (Lipinski definition) is 0. The average Bonchev–Trinajstić information content (AvgIpc) is 3.50. The van der Waals surface area contributed by atoms with Crippen LogP contribution in [0.4, 0.5) is 0 Å². The van der Waals surface area contributed by atoms with E-state index in [9.17, 15) is 4.79 Å². The summed E-state index contributed by atoms with van der Waals surface area (Å²) in [5, 5.41) is 5.39. The molecule has 1 amide bonds.